The average Bonchev–Trinajstić information content (AvgIpc) is 3.88. The maximum atomic E-state index is 13.8. The third kappa shape index (κ3) is 7.62. The predicted octanol–water partition coefficient (Wildman–Crippen LogP) is 5.61. The summed E-state index contributed by atoms with van der Waals surface area (Å²) in [5.41, 5.74) is 20.0. The molecule has 1 saturated heterocycles. The summed E-state index contributed by atoms with van der Waals surface area (Å²) >= 11 is 0. The molecule has 1 aliphatic heterocycles. The molecule has 1 amide bonds. The van der Waals surface area contributed by atoms with Crippen LogP contribution in [0.15, 0.2) is 70.9 Å². The topological polar surface area (TPSA) is 186 Å². The number of azide groups is 2. The highest BCUT2D eigenvalue weighted by Gasteiger charge is 2.49. The Hall–Kier alpha value is -3.83. The highest BCUT2D eigenvalue weighted by Crippen LogP contribution is 2.42. The van der Waals surface area contributed by atoms with Crippen LogP contribution in [-0.4, -0.2) is 70.0 Å². The van der Waals surface area contributed by atoms with E-state index in [2.05, 4.69) is 20.1 Å². The highest BCUT2D eigenvalue weighted by molar-refractivity contribution is 5.68. The molecule has 13 nitrogen and oxygen atoms in total. The smallest absolute Gasteiger partial charge is 0.410 e. The Morgan fingerprint density at radius 1 is 0.955 bits per heavy atom. The van der Waals surface area contributed by atoms with Gasteiger partial charge in [0.2, 0.25) is 0 Å². The van der Waals surface area contributed by atoms with Crippen molar-refractivity contribution in [1.82, 2.24) is 4.90 Å². The molecule has 3 fully saturated rings. The number of carbonyl (C=O) groups excluding carboxylic acids is 1. The molecule has 44 heavy (non-hydrogen) atoms. The van der Waals surface area contributed by atoms with Crippen LogP contribution < -0.4 is 0 Å². The average molecular weight is 606 g/mol. The van der Waals surface area contributed by atoms with Crippen LogP contribution in [0.3, 0.4) is 0 Å². The molecule has 2 N–H and O–H groups in total. The van der Waals surface area contributed by atoms with Crippen molar-refractivity contribution >= 4 is 6.09 Å². The summed E-state index contributed by atoms with van der Waals surface area (Å²) in [4.78, 5) is 21.3. The first kappa shape index (κ1) is 31.6. The number of aliphatic hydroxyl groups excluding tert-OH is 2. The summed E-state index contributed by atoms with van der Waals surface area (Å²) in [6.07, 6.45) is -2.31. The van der Waals surface area contributed by atoms with E-state index in [4.69, 9.17) is 19.7 Å². The van der Waals surface area contributed by atoms with Gasteiger partial charge in [0, 0.05) is 16.4 Å². The van der Waals surface area contributed by atoms with Crippen LogP contribution in [-0.2, 0) is 27.4 Å². The number of amides is 1. The molecule has 2 aromatic rings. The fourth-order valence-electron chi connectivity index (χ4n) is 6.39. The minimum absolute atomic E-state index is 0.134. The molecule has 3 unspecified atom stereocenters. The van der Waals surface area contributed by atoms with E-state index in [1.54, 1.807) is 4.90 Å². The van der Waals surface area contributed by atoms with Gasteiger partial charge in [-0.05, 0) is 66.1 Å². The van der Waals surface area contributed by atoms with Gasteiger partial charge >= 0.3 is 6.09 Å². The minimum atomic E-state index is -1.34. The van der Waals surface area contributed by atoms with Gasteiger partial charge in [-0.15, -0.1) is 0 Å². The molecule has 13 heteroatoms. The fraction of sp³-hybridized carbons (Fsp3) is 0.581. The standard InChI is InChI=1S/C31H39N7O6/c1-19-16-24(35-37-33)27(39)28(40)29(19)44-30-23(34-36-32)14-15-25(43-30)26(22-12-13-22)38(17-20-8-4-2-5-9-20)31(41)42-18-21-10-6-3-7-11-21/h2-11,19,22-30,39-40H,12-18H2,1H3/t19-,23?,24?,25?,26-,27-,28+,29+,30+/m0/s1. The van der Waals surface area contributed by atoms with Gasteiger partial charge in [0.05, 0.1) is 36.4 Å². The molecule has 0 spiro atoms. The lowest BCUT2D eigenvalue weighted by molar-refractivity contribution is -0.266. The number of carbonyl (C=O) groups is 1. The molecule has 234 valence electrons. The maximum absolute atomic E-state index is 13.8. The summed E-state index contributed by atoms with van der Waals surface area (Å²) in [6.45, 7) is 2.29. The highest BCUT2D eigenvalue weighted by atomic mass is 16.7. The zero-order valence-electron chi connectivity index (χ0n) is 24.7. The molecule has 3 aliphatic rings. The van der Waals surface area contributed by atoms with Crippen molar-refractivity contribution in [3.63, 3.8) is 0 Å². The van der Waals surface area contributed by atoms with Crippen molar-refractivity contribution in [2.45, 2.75) is 101 Å². The van der Waals surface area contributed by atoms with Crippen LogP contribution in [0.5, 0.6) is 0 Å². The zero-order valence-corrected chi connectivity index (χ0v) is 24.7. The second-order valence-electron chi connectivity index (χ2n) is 11.9. The van der Waals surface area contributed by atoms with Crippen molar-refractivity contribution in [3.8, 4) is 0 Å². The van der Waals surface area contributed by atoms with Crippen LogP contribution in [0.1, 0.15) is 50.2 Å². The molecule has 2 aliphatic carbocycles. The normalized spacial score (nSPS) is 30.7. The third-order valence-electron chi connectivity index (χ3n) is 8.80. The molecule has 0 aromatic heterocycles. The Balaban J connectivity index is 1.37. The monoisotopic (exact) mass is 605 g/mol. The van der Waals surface area contributed by atoms with Gasteiger partial charge in [0.1, 0.15) is 12.7 Å². The number of hydrogen-bond donors (Lipinski definition) is 2. The first-order chi connectivity index (χ1) is 21.4. The van der Waals surface area contributed by atoms with Crippen molar-refractivity contribution < 1.29 is 29.2 Å². The molecular weight excluding hydrogens is 566 g/mol. The molecule has 9 atom stereocenters. The van der Waals surface area contributed by atoms with E-state index in [0.717, 1.165) is 24.0 Å². The second-order valence-corrected chi connectivity index (χ2v) is 11.9. The van der Waals surface area contributed by atoms with Gasteiger partial charge in [-0.1, -0.05) is 77.8 Å². The van der Waals surface area contributed by atoms with Gasteiger partial charge in [0.25, 0.3) is 0 Å². The molecule has 2 aromatic carbocycles. The Morgan fingerprint density at radius 3 is 2.23 bits per heavy atom. The molecule has 1 heterocycles. The van der Waals surface area contributed by atoms with Gasteiger partial charge in [-0.25, -0.2) is 4.79 Å². The number of benzene rings is 2. The maximum Gasteiger partial charge on any atom is 0.410 e. The Morgan fingerprint density at radius 2 is 1.59 bits per heavy atom. The van der Waals surface area contributed by atoms with E-state index in [-0.39, 0.29) is 24.5 Å². The van der Waals surface area contributed by atoms with Crippen LogP contribution in [0, 0.1) is 11.8 Å². The SMILES string of the molecule is C[C@H]1CC(N=[N+]=[N-])[C@H](O)[C@@H](O)[C@@H]1O[C@H]1OC([C@H](C2CC2)N(Cc2ccccc2)C(=O)OCc2ccccc2)CCC1N=[N+]=[N-]. The van der Waals surface area contributed by atoms with E-state index in [1.807, 2.05) is 67.6 Å². The first-order valence-electron chi connectivity index (χ1n) is 15.2. The van der Waals surface area contributed by atoms with Crippen LogP contribution in [0.4, 0.5) is 4.79 Å². The molecule has 0 bridgehead atoms. The van der Waals surface area contributed by atoms with Crippen LogP contribution in [0.2, 0.25) is 0 Å². The van der Waals surface area contributed by atoms with Gasteiger partial charge < -0.3 is 24.4 Å². The molecule has 2 saturated carbocycles. The fourth-order valence-corrected chi connectivity index (χ4v) is 6.39. The summed E-state index contributed by atoms with van der Waals surface area (Å²) in [5, 5.41) is 29.1. The lowest BCUT2D eigenvalue weighted by Gasteiger charge is -2.45. The zero-order chi connectivity index (χ0) is 31.1. The van der Waals surface area contributed by atoms with E-state index in [1.165, 1.54) is 0 Å². The lowest BCUT2D eigenvalue weighted by atomic mass is 9.80. The molecule has 0 radical (unpaired) electrons. The number of rotatable bonds is 11. The van der Waals surface area contributed by atoms with Crippen molar-refractivity contribution in [3.05, 3.63) is 92.7 Å². The largest absolute Gasteiger partial charge is 0.445 e. The Kier molecular flexibility index (Phi) is 10.6. The number of nitrogens with zero attached hydrogens (tertiary/aromatic N) is 7. The number of aliphatic hydroxyl groups is 2. The van der Waals surface area contributed by atoms with E-state index in [0.29, 0.717) is 25.8 Å². The van der Waals surface area contributed by atoms with Crippen molar-refractivity contribution in [2.75, 3.05) is 0 Å². The Bertz CT molecular complexity index is 1340. The van der Waals surface area contributed by atoms with Crippen molar-refractivity contribution in [1.29, 1.82) is 0 Å². The molecular formula is C31H39N7O6. The minimum Gasteiger partial charge on any atom is -0.445 e. The van der Waals surface area contributed by atoms with Gasteiger partial charge in [-0.3, -0.25) is 4.90 Å². The van der Waals surface area contributed by atoms with E-state index in [9.17, 15) is 20.5 Å². The second kappa shape index (κ2) is 14.8. The third-order valence-corrected chi connectivity index (χ3v) is 8.80. The quantitative estimate of drug-likeness (QED) is 0.190. The lowest BCUT2D eigenvalue weighted by Crippen LogP contribution is -2.57. The first-order valence-corrected chi connectivity index (χ1v) is 15.2. The number of hydrogen-bond acceptors (Lipinski definition) is 8. The van der Waals surface area contributed by atoms with Gasteiger partial charge in [-0.2, -0.15) is 0 Å². The van der Waals surface area contributed by atoms with Crippen molar-refractivity contribution in [2.24, 2.45) is 22.1 Å². The van der Waals surface area contributed by atoms with Gasteiger partial charge in [0.15, 0.2) is 6.29 Å². The van der Waals surface area contributed by atoms with E-state index < -0.39 is 48.9 Å². The van der Waals surface area contributed by atoms with Crippen LogP contribution >= 0.6 is 0 Å². The predicted molar refractivity (Wildman–Crippen MR) is 160 cm³/mol. The number of ether oxygens (including phenoxy) is 3. The summed E-state index contributed by atoms with van der Waals surface area (Å²) < 4.78 is 18.7. The Labute approximate surface area is 256 Å². The summed E-state index contributed by atoms with van der Waals surface area (Å²) in [7, 11) is 0. The summed E-state index contributed by atoms with van der Waals surface area (Å²) in [5.74, 6) is -0.100. The molecule has 5 rings (SSSR count). The summed E-state index contributed by atoms with van der Waals surface area (Å²) in [6, 6.07) is 17.4. The van der Waals surface area contributed by atoms with E-state index >= 15 is 0 Å². The van der Waals surface area contributed by atoms with Crippen LogP contribution in [0.25, 0.3) is 20.9 Å².